The summed E-state index contributed by atoms with van der Waals surface area (Å²) in [5.74, 6) is 0.685. The lowest BCUT2D eigenvalue weighted by Gasteiger charge is -2.22. The third-order valence-electron chi connectivity index (χ3n) is 3.57. The molecule has 0 aromatic heterocycles. The third-order valence-corrected chi connectivity index (χ3v) is 3.57. The fourth-order valence-electron chi connectivity index (χ4n) is 2.73. The van der Waals surface area contributed by atoms with Crippen LogP contribution >= 0.6 is 0 Å². The van der Waals surface area contributed by atoms with E-state index in [1.165, 1.54) is 11.1 Å². The lowest BCUT2D eigenvalue weighted by atomic mass is 9.97. The lowest BCUT2D eigenvalue weighted by Crippen LogP contribution is -2.26. The molecule has 20 heavy (non-hydrogen) atoms. The number of ether oxygens (including phenoxy) is 2. The summed E-state index contributed by atoms with van der Waals surface area (Å²) in [7, 11) is 0. The van der Waals surface area contributed by atoms with Gasteiger partial charge >= 0.3 is 0 Å². The number of nitrogens with one attached hydrogen (secondary N) is 1. The predicted molar refractivity (Wildman–Crippen MR) is 81.7 cm³/mol. The van der Waals surface area contributed by atoms with E-state index in [9.17, 15) is 0 Å². The summed E-state index contributed by atoms with van der Waals surface area (Å²) >= 11 is 0. The highest BCUT2D eigenvalue weighted by atomic mass is 16.7. The van der Waals surface area contributed by atoms with Gasteiger partial charge < -0.3 is 14.8 Å². The molecule has 1 fully saturated rings. The van der Waals surface area contributed by atoms with E-state index < -0.39 is 0 Å². The standard InChI is InChI=1S/C17H27NO2/c1-4-18-16(12-17-19-8-9-20-17)15-7-5-6-14(11-15)10-13(2)3/h5-7,11,13,16-18H,4,8-10,12H2,1-3H3. The van der Waals surface area contributed by atoms with E-state index in [1.807, 2.05) is 0 Å². The number of hydrogen-bond donors (Lipinski definition) is 1. The maximum Gasteiger partial charge on any atom is 0.159 e. The first kappa shape index (κ1) is 15.5. The van der Waals surface area contributed by atoms with Gasteiger partial charge in [-0.3, -0.25) is 0 Å². The molecule has 1 heterocycles. The van der Waals surface area contributed by atoms with Crippen molar-refractivity contribution in [1.29, 1.82) is 0 Å². The fraction of sp³-hybridized carbons (Fsp3) is 0.647. The second-order valence-electron chi connectivity index (χ2n) is 5.86. The molecule has 1 aromatic rings. The molecular formula is C17H27NO2. The van der Waals surface area contributed by atoms with Crippen LogP contribution in [0.5, 0.6) is 0 Å². The summed E-state index contributed by atoms with van der Waals surface area (Å²) in [4.78, 5) is 0. The van der Waals surface area contributed by atoms with E-state index >= 15 is 0 Å². The van der Waals surface area contributed by atoms with Crippen LogP contribution in [0.4, 0.5) is 0 Å². The molecule has 2 rings (SSSR count). The first-order valence-corrected chi connectivity index (χ1v) is 7.74. The van der Waals surface area contributed by atoms with Gasteiger partial charge in [-0.25, -0.2) is 0 Å². The molecule has 0 spiro atoms. The summed E-state index contributed by atoms with van der Waals surface area (Å²) < 4.78 is 11.2. The minimum atomic E-state index is -0.0622. The zero-order valence-electron chi connectivity index (χ0n) is 12.9. The molecule has 1 aliphatic rings. The van der Waals surface area contributed by atoms with Crippen molar-refractivity contribution in [2.45, 2.75) is 45.9 Å². The van der Waals surface area contributed by atoms with Crippen molar-refractivity contribution in [3.63, 3.8) is 0 Å². The molecule has 3 nitrogen and oxygen atoms in total. The Hall–Kier alpha value is -0.900. The molecule has 1 saturated heterocycles. The largest absolute Gasteiger partial charge is 0.350 e. The zero-order chi connectivity index (χ0) is 14.4. The SMILES string of the molecule is CCNC(CC1OCCO1)c1cccc(CC(C)C)c1. The molecule has 1 aromatic carbocycles. The molecule has 0 saturated carbocycles. The Bertz CT molecular complexity index is 400. The van der Waals surface area contributed by atoms with Crippen LogP contribution in [0.1, 0.15) is 44.4 Å². The maximum atomic E-state index is 5.58. The lowest BCUT2D eigenvalue weighted by molar-refractivity contribution is -0.0529. The summed E-state index contributed by atoms with van der Waals surface area (Å²) in [5.41, 5.74) is 2.75. The molecule has 0 amide bonds. The van der Waals surface area contributed by atoms with Crippen LogP contribution in [0.25, 0.3) is 0 Å². The quantitative estimate of drug-likeness (QED) is 0.829. The Balaban J connectivity index is 2.06. The van der Waals surface area contributed by atoms with Crippen LogP contribution in [0, 0.1) is 5.92 Å². The zero-order valence-corrected chi connectivity index (χ0v) is 12.9. The molecule has 112 valence electrons. The van der Waals surface area contributed by atoms with Crippen molar-refractivity contribution in [2.75, 3.05) is 19.8 Å². The highest BCUT2D eigenvalue weighted by Gasteiger charge is 2.22. The van der Waals surface area contributed by atoms with Crippen molar-refractivity contribution in [3.05, 3.63) is 35.4 Å². The summed E-state index contributed by atoms with van der Waals surface area (Å²) in [6, 6.07) is 9.20. The average molecular weight is 277 g/mol. The van der Waals surface area contributed by atoms with Gasteiger partial charge in [0.25, 0.3) is 0 Å². The normalized spacial score (nSPS) is 17.8. The van der Waals surface area contributed by atoms with Gasteiger partial charge in [-0.05, 0) is 30.0 Å². The van der Waals surface area contributed by atoms with Gasteiger partial charge in [-0.15, -0.1) is 0 Å². The fourth-order valence-corrected chi connectivity index (χ4v) is 2.73. The Morgan fingerprint density at radius 2 is 2.00 bits per heavy atom. The number of benzene rings is 1. The van der Waals surface area contributed by atoms with Gasteiger partial charge in [0.15, 0.2) is 6.29 Å². The minimum absolute atomic E-state index is 0.0622. The van der Waals surface area contributed by atoms with E-state index in [1.54, 1.807) is 0 Å². The van der Waals surface area contributed by atoms with Crippen LogP contribution in [-0.2, 0) is 15.9 Å². The Morgan fingerprint density at radius 3 is 2.65 bits per heavy atom. The molecule has 1 aliphatic heterocycles. The van der Waals surface area contributed by atoms with Gasteiger partial charge in [0, 0.05) is 12.5 Å². The second kappa shape index (κ2) is 7.77. The van der Waals surface area contributed by atoms with Crippen molar-refractivity contribution < 1.29 is 9.47 Å². The van der Waals surface area contributed by atoms with Crippen LogP contribution in [-0.4, -0.2) is 26.0 Å². The highest BCUT2D eigenvalue weighted by Crippen LogP contribution is 2.24. The minimum Gasteiger partial charge on any atom is -0.350 e. The number of hydrogen-bond acceptors (Lipinski definition) is 3. The second-order valence-corrected chi connectivity index (χ2v) is 5.86. The van der Waals surface area contributed by atoms with Crippen molar-refractivity contribution in [1.82, 2.24) is 5.32 Å². The monoisotopic (exact) mass is 277 g/mol. The van der Waals surface area contributed by atoms with Gasteiger partial charge in [0.2, 0.25) is 0 Å². The van der Waals surface area contributed by atoms with Crippen LogP contribution in [0.3, 0.4) is 0 Å². The topological polar surface area (TPSA) is 30.5 Å². The smallest absolute Gasteiger partial charge is 0.159 e. The van der Waals surface area contributed by atoms with Crippen molar-refractivity contribution in [2.24, 2.45) is 5.92 Å². The molecule has 3 heteroatoms. The summed E-state index contributed by atoms with van der Waals surface area (Å²) in [6.07, 6.45) is 1.94. The Morgan fingerprint density at radius 1 is 1.25 bits per heavy atom. The van der Waals surface area contributed by atoms with Gasteiger partial charge in [-0.2, -0.15) is 0 Å². The summed E-state index contributed by atoms with van der Waals surface area (Å²) in [5, 5.41) is 3.55. The van der Waals surface area contributed by atoms with Crippen molar-refractivity contribution in [3.8, 4) is 0 Å². The van der Waals surface area contributed by atoms with Gasteiger partial charge in [-0.1, -0.05) is 45.0 Å². The molecule has 0 aliphatic carbocycles. The molecule has 0 bridgehead atoms. The molecule has 0 radical (unpaired) electrons. The molecular weight excluding hydrogens is 250 g/mol. The van der Waals surface area contributed by atoms with Crippen LogP contribution in [0.15, 0.2) is 24.3 Å². The van der Waals surface area contributed by atoms with E-state index in [-0.39, 0.29) is 6.29 Å². The molecule has 1 N–H and O–H groups in total. The van der Waals surface area contributed by atoms with E-state index in [0.717, 1.165) is 32.6 Å². The number of rotatable bonds is 7. The first-order chi connectivity index (χ1) is 9.69. The van der Waals surface area contributed by atoms with Crippen LogP contribution in [0.2, 0.25) is 0 Å². The van der Waals surface area contributed by atoms with Gasteiger partial charge in [0.05, 0.1) is 13.2 Å². The predicted octanol–water partition coefficient (Wildman–Crippen LogP) is 3.30. The third kappa shape index (κ3) is 4.58. The average Bonchev–Trinajstić information content (AvgIpc) is 2.91. The van der Waals surface area contributed by atoms with E-state index in [2.05, 4.69) is 50.4 Å². The first-order valence-electron chi connectivity index (χ1n) is 7.74. The highest BCUT2D eigenvalue weighted by molar-refractivity contribution is 5.26. The molecule has 1 atom stereocenters. The maximum absolute atomic E-state index is 5.58. The van der Waals surface area contributed by atoms with E-state index in [0.29, 0.717) is 12.0 Å². The van der Waals surface area contributed by atoms with Crippen LogP contribution < -0.4 is 5.32 Å². The van der Waals surface area contributed by atoms with E-state index in [4.69, 9.17) is 9.47 Å². The Labute approximate surface area is 122 Å². The summed E-state index contributed by atoms with van der Waals surface area (Å²) in [6.45, 7) is 9.05. The van der Waals surface area contributed by atoms with Gasteiger partial charge in [0.1, 0.15) is 0 Å². The van der Waals surface area contributed by atoms with Crippen molar-refractivity contribution >= 4 is 0 Å². The molecule has 1 unspecified atom stereocenters. The Kier molecular flexibility index (Phi) is 6.02.